The molecule has 0 amide bonds. The predicted octanol–water partition coefficient (Wildman–Crippen LogP) is 8.25. The number of fused-ring (bicyclic) bond motifs is 1. The molecule has 0 fully saturated rings. The van der Waals surface area contributed by atoms with Crippen LogP contribution in [-0.2, 0) is 6.61 Å². The molecule has 5 heteroatoms. The summed E-state index contributed by atoms with van der Waals surface area (Å²) < 4.78 is 7.12. The van der Waals surface area contributed by atoms with Crippen molar-refractivity contribution in [2.45, 2.75) is 13.5 Å². The van der Waals surface area contributed by atoms with Crippen molar-refractivity contribution in [2.75, 3.05) is 0 Å². The van der Waals surface area contributed by atoms with E-state index >= 15 is 0 Å². The predicted molar refractivity (Wildman–Crippen MR) is 139 cm³/mol. The van der Waals surface area contributed by atoms with Gasteiger partial charge in [-0.1, -0.05) is 48.0 Å². The van der Waals surface area contributed by atoms with E-state index in [9.17, 15) is 0 Å². The Morgan fingerprint density at radius 2 is 1.79 bits per heavy atom. The molecular formula is C28H21ClN2OS. The first-order chi connectivity index (χ1) is 16.1. The van der Waals surface area contributed by atoms with Crippen LogP contribution in [0, 0.1) is 6.92 Å². The van der Waals surface area contributed by atoms with Crippen LogP contribution in [-0.4, -0.2) is 11.2 Å². The number of halogens is 1. The summed E-state index contributed by atoms with van der Waals surface area (Å²) in [5, 5.41) is 1.73. The number of ether oxygens (including phenoxy) is 1. The molecule has 4 aromatic carbocycles. The smallest absolute Gasteiger partial charge is 0.124 e. The van der Waals surface area contributed by atoms with Crippen LogP contribution in [0.4, 0.5) is 5.69 Å². The summed E-state index contributed by atoms with van der Waals surface area (Å²) in [4.78, 5) is 9.38. The van der Waals surface area contributed by atoms with Crippen molar-refractivity contribution in [3.63, 3.8) is 0 Å². The first-order valence-corrected chi connectivity index (χ1v) is 11.8. The Morgan fingerprint density at radius 1 is 0.939 bits per heavy atom. The zero-order chi connectivity index (χ0) is 22.6. The van der Waals surface area contributed by atoms with Crippen molar-refractivity contribution in [1.82, 2.24) is 4.98 Å². The second-order valence-electron chi connectivity index (χ2n) is 7.75. The lowest BCUT2D eigenvalue weighted by Crippen LogP contribution is -1.96. The summed E-state index contributed by atoms with van der Waals surface area (Å²) in [5.74, 6) is 0.778. The zero-order valence-electron chi connectivity index (χ0n) is 18.0. The molecule has 0 aliphatic carbocycles. The van der Waals surface area contributed by atoms with Crippen LogP contribution in [0.5, 0.6) is 5.75 Å². The Balaban J connectivity index is 1.27. The highest BCUT2D eigenvalue weighted by atomic mass is 35.5. The van der Waals surface area contributed by atoms with Crippen LogP contribution in [0.2, 0.25) is 5.02 Å². The highest BCUT2D eigenvalue weighted by Gasteiger charge is 2.06. The second kappa shape index (κ2) is 9.57. The van der Waals surface area contributed by atoms with Crippen LogP contribution in [0.25, 0.3) is 20.8 Å². The van der Waals surface area contributed by atoms with Crippen molar-refractivity contribution in [3.8, 4) is 16.3 Å². The van der Waals surface area contributed by atoms with E-state index in [-0.39, 0.29) is 0 Å². The number of rotatable bonds is 6. The Morgan fingerprint density at radius 3 is 2.64 bits per heavy atom. The number of nitrogens with zero attached hydrogens (tertiary/aromatic N) is 2. The van der Waals surface area contributed by atoms with Gasteiger partial charge in [0.05, 0.1) is 15.9 Å². The number of aryl methyl sites for hydroxylation is 1. The van der Waals surface area contributed by atoms with Gasteiger partial charge < -0.3 is 4.74 Å². The molecule has 0 unspecified atom stereocenters. The van der Waals surface area contributed by atoms with E-state index in [4.69, 9.17) is 21.3 Å². The third-order valence-electron chi connectivity index (χ3n) is 5.23. The van der Waals surface area contributed by atoms with E-state index in [2.05, 4.69) is 42.2 Å². The molecule has 0 saturated heterocycles. The summed E-state index contributed by atoms with van der Waals surface area (Å²) >= 11 is 7.93. The first-order valence-electron chi connectivity index (χ1n) is 10.6. The number of hydrogen-bond acceptors (Lipinski definition) is 4. The molecule has 0 spiro atoms. The van der Waals surface area contributed by atoms with E-state index in [1.165, 1.54) is 10.3 Å². The maximum Gasteiger partial charge on any atom is 0.124 e. The minimum absolute atomic E-state index is 0.424. The lowest BCUT2D eigenvalue weighted by molar-refractivity contribution is 0.306. The number of hydrogen-bond donors (Lipinski definition) is 0. The molecule has 5 rings (SSSR count). The minimum atomic E-state index is 0.424. The van der Waals surface area contributed by atoms with Crippen LogP contribution < -0.4 is 4.74 Å². The highest BCUT2D eigenvalue weighted by molar-refractivity contribution is 7.21. The fourth-order valence-corrected chi connectivity index (χ4v) is 4.72. The van der Waals surface area contributed by atoms with E-state index < -0.39 is 0 Å². The summed E-state index contributed by atoms with van der Waals surface area (Å²) in [6, 6.07) is 30.1. The van der Waals surface area contributed by atoms with E-state index in [1.807, 2.05) is 66.9 Å². The number of thiazole rings is 1. The minimum Gasteiger partial charge on any atom is -0.489 e. The van der Waals surface area contributed by atoms with Gasteiger partial charge in [0.15, 0.2) is 0 Å². The van der Waals surface area contributed by atoms with Gasteiger partial charge in [-0.3, -0.25) is 4.99 Å². The maximum atomic E-state index is 6.21. The summed E-state index contributed by atoms with van der Waals surface area (Å²) in [6.45, 7) is 2.53. The molecule has 0 atom stereocenters. The third-order valence-corrected chi connectivity index (χ3v) is 6.67. The standard InChI is InChI=1S/C28H21ClN2OS/c1-19-9-14-26-27(15-19)33-28(31-26)21-10-12-23(13-11-21)30-17-20-5-4-7-24(16-20)32-18-22-6-2-3-8-25(22)29/h2-17H,18H2,1H3. The van der Waals surface area contributed by atoms with Gasteiger partial charge >= 0.3 is 0 Å². The molecule has 3 nitrogen and oxygen atoms in total. The Kier molecular flexibility index (Phi) is 6.20. The zero-order valence-corrected chi connectivity index (χ0v) is 19.6. The molecule has 0 aliphatic heterocycles. The normalized spacial score (nSPS) is 11.3. The van der Waals surface area contributed by atoms with E-state index in [0.717, 1.165) is 38.7 Å². The van der Waals surface area contributed by atoms with Crippen molar-refractivity contribution in [2.24, 2.45) is 4.99 Å². The largest absolute Gasteiger partial charge is 0.489 e. The van der Waals surface area contributed by atoms with Gasteiger partial charge in [-0.2, -0.15) is 0 Å². The van der Waals surface area contributed by atoms with Crippen molar-refractivity contribution in [3.05, 3.63) is 113 Å². The third kappa shape index (κ3) is 5.14. The van der Waals surface area contributed by atoms with Crippen molar-refractivity contribution < 1.29 is 4.74 Å². The Hall–Kier alpha value is -3.47. The molecular weight excluding hydrogens is 448 g/mol. The quantitative estimate of drug-likeness (QED) is 0.235. The van der Waals surface area contributed by atoms with Gasteiger partial charge in [-0.25, -0.2) is 4.98 Å². The molecule has 0 bridgehead atoms. The maximum absolute atomic E-state index is 6.21. The molecule has 0 radical (unpaired) electrons. The molecule has 5 aromatic rings. The summed E-state index contributed by atoms with van der Waals surface area (Å²) in [6.07, 6.45) is 1.85. The molecule has 1 heterocycles. The van der Waals surface area contributed by atoms with Gasteiger partial charge in [0, 0.05) is 22.4 Å². The Bertz CT molecular complexity index is 1440. The first kappa shape index (κ1) is 21.4. The molecule has 0 saturated carbocycles. The van der Waals surface area contributed by atoms with Gasteiger partial charge in [-0.15, -0.1) is 11.3 Å². The molecule has 1 aromatic heterocycles. The van der Waals surface area contributed by atoms with Crippen LogP contribution >= 0.6 is 22.9 Å². The second-order valence-corrected chi connectivity index (χ2v) is 9.19. The highest BCUT2D eigenvalue weighted by Crippen LogP contribution is 2.31. The molecule has 0 N–H and O–H groups in total. The lowest BCUT2D eigenvalue weighted by Gasteiger charge is -2.08. The van der Waals surface area contributed by atoms with Crippen molar-refractivity contribution in [1.29, 1.82) is 0 Å². The SMILES string of the molecule is Cc1ccc2nc(-c3ccc(N=Cc4cccc(OCc5ccccc5Cl)c4)cc3)sc2c1. The number of benzene rings is 4. The van der Waals surface area contributed by atoms with E-state index in [1.54, 1.807) is 11.3 Å². The van der Waals surface area contributed by atoms with Gasteiger partial charge in [0.1, 0.15) is 17.4 Å². The monoisotopic (exact) mass is 468 g/mol. The molecule has 162 valence electrons. The van der Waals surface area contributed by atoms with E-state index in [0.29, 0.717) is 11.6 Å². The van der Waals surface area contributed by atoms with Gasteiger partial charge in [-0.05, 0) is 72.6 Å². The average molecular weight is 469 g/mol. The molecule has 0 aliphatic rings. The fraction of sp³-hybridized carbons (Fsp3) is 0.0714. The fourth-order valence-electron chi connectivity index (χ4n) is 3.46. The van der Waals surface area contributed by atoms with Gasteiger partial charge in [0.2, 0.25) is 0 Å². The van der Waals surface area contributed by atoms with Gasteiger partial charge in [0.25, 0.3) is 0 Å². The van der Waals surface area contributed by atoms with Crippen LogP contribution in [0.3, 0.4) is 0 Å². The lowest BCUT2D eigenvalue weighted by atomic mass is 10.2. The summed E-state index contributed by atoms with van der Waals surface area (Å²) in [5.41, 5.74) is 6.21. The Labute approximate surface area is 202 Å². The van der Waals surface area contributed by atoms with Crippen molar-refractivity contribution >= 4 is 45.1 Å². The molecule has 33 heavy (non-hydrogen) atoms. The van der Waals surface area contributed by atoms with Crippen LogP contribution in [0.1, 0.15) is 16.7 Å². The number of aromatic nitrogens is 1. The van der Waals surface area contributed by atoms with Crippen LogP contribution in [0.15, 0.2) is 96.0 Å². The number of aliphatic imine (C=N–C) groups is 1. The summed E-state index contributed by atoms with van der Waals surface area (Å²) in [7, 11) is 0. The average Bonchev–Trinajstić information content (AvgIpc) is 3.26. The topological polar surface area (TPSA) is 34.5 Å².